The Morgan fingerprint density at radius 1 is 0.300 bits per heavy atom. The molecule has 190 valence electrons. The maximum Gasteiger partial charge on any atom is 0.194 e. The molecule has 3 heteroatoms. The zero-order valence-corrected chi connectivity index (χ0v) is 21.8. The number of para-hydroxylation sites is 4. The molecule has 0 amide bonds. The highest BCUT2D eigenvalue weighted by molar-refractivity contribution is 6.22. The molecule has 0 saturated heterocycles. The van der Waals surface area contributed by atoms with Crippen LogP contribution in [-0.4, -0.2) is 5.78 Å². The summed E-state index contributed by atoms with van der Waals surface area (Å²) in [5.74, 6) is 0.0517. The van der Waals surface area contributed by atoms with Gasteiger partial charge in [-0.15, -0.1) is 0 Å². The molecular formula is C37H26N2O. The zero-order valence-electron chi connectivity index (χ0n) is 21.8. The first-order valence-electron chi connectivity index (χ1n) is 13.4. The largest absolute Gasteiger partial charge is 0.310 e. The zero-order chi connectivity index (χ0) is 26.9. The number of carbonyl (C=O) groups excluding carboxylic acids is 1. The molecule has 0 aromatic heterocycles. The fourth-order valence-corrected chi connectivity index (χ4v) is 5.54. The molecule has 7 rings (SSSR count). The molecule has 1 aliphatic carbocycles. The van der Waals surface area contributed by atoms with Gasteiger partial charge in [0, 0.05) is 45.3 Å². The number of rotatable bonds is 6. The highest BCUT2D eigenvalue weighted by Gasteiger charge is 2.29. The van der Waals surface area contributed by atoms with Crippen molar-refractivity contribution in [3.05, 3.63) is 169 Å². The SMILES string of the molecule is O=C1c2cc(N(c3ccccc3)c3ccccc3)ccc2-c2ccc(N(c3ccccc3)c3ccccc3)cc21. The van der Waals surface area contributed by atoms with Crippen molar-refractivity contribution < 1.29 is 4.79 Å². The van der Waals surface area contributed by atoms with Gasteiger partial charge in [-0.3, -0.25) is 4.79 Å². The average Bonchev–Trinajstić information content (AvgIpc) is 3.30. The minimum atomic E-state index is 0.0517. The predicted octanol–water partition coefficient (Wildman–Crippen LogP) is 9.84. The summed E-state index contributed by atoms with van der Waals surface area (Å²) in [6.07, 6.45) is 0. The summed E-state index contributed by atoms with van der Waals surface area (Å²) >= 11 is 0. The van der Waals surface area contributed by atoms with Crippen LogP contribution in [0.2, 0.25) is 0 Å². The van der Waals surface area contributed by atoms with Crippen molar-refractivity contribution in [1.82, 2.24) is 0 Å². The molecule has 0 N–H and O–H groups in total. The Labute approximate surface area is 234 Å². The van der Waals surface area contributed by atoms with Gasteiger partial charge < -0.3 is 9.80 Å². The van der Waals surface area contributed by atoms with E-state index >= 15 is 0 Å². The second kappa shape index (κ2) is 10.0. The first-order chi connectivity index (χ1) is 19.8. The molecular weight excluding hydrogens is 488 g/mol. The van der Waals surface area contributed by atoms with Crippen LogP contribution < -0.4 is 9.80 Å². The summed E-state index contributed by atoms with van der Waals surface area (Å²) in [6, 6.07) is 53.5. The summed E-state index contributed by atoms with van der Waals surface area (Å²) in [5, 5.41) is 0. The maximum atomic E-state index is 13.9. The van der Waals surface area contributed by atoms with Crippen LogP contribution in [0, 0.1) is 0 Å². The number of nitrogens with zero attached hydrogens (tertiary/aromatic N) is 2. The van der Waals surface area contributed by atoms with Gasteiger partial charge in [0.25, 0.3) is 0 Å². The lowest BCUT2D eigenvalue weighted by atomic mass is 10.0. The third-order valence-electron chi connectivity index (χ3n) is 7.36. The second-order valence-electron chi connectivity index (χ2n) is 9.80. The molecule has 0 unspecified atom stereocenters. The van der Waals surface area contributed by atoms with E-state index < -0.39 is 0 Å². The van der Waals surface area contributed by atoms with Crippen LogP contribution in [0.5, 0.6) is 0 Å². The van der Waals surface area contributed by atoms with Gasteiger partial charge in [0.1, 0.15) is 0 Å². The smallest absolute Gasteiger partial charge is 0.194 e. The van der Waals surface area contributed by atoms with Gasteiger partial charge >= 0.3 is 0 Å². The Bertz CT molecular complexity index is 1590. The average molecular weight is 515 g/mol. The predicted molar refractivity (Wildman–Crippen MR) is 165 cm³/mol. The molecule has 0 aliphatic heterocycles. The molecule has 0 bridgehead atoms. The lowest BCUT2D eigenvalue weighted by Crippen LogP contribution is -2.11. The van der Waals surface area contributed by atoms with E-state index in [1.807, 2.05) is 84.9 Å². The highest BCUT2D eigenvalue weighted by atomic mass is 16.1. The monoisotopic (exact) mass is 514 g/mol. The molecule has 40 heavy (non-hydrogen) atoms. The van der Waals surface area contributed by atoms with E-state index in [4.69, 9.17) is 0 Å². The Morgan fingerprint density at radius 3 is 0.900 bits per heavy atom. The molecule has 0 atom stereocenters. The van der Waals surface area contributed by atoms with E-state index in [0.29, 0.717) is 0 Å². The van der Waals surface area contributed by atoms with E-state index in [0.717, 1.165) is 56.4 Å². The third-order valence-corrected chi connectivity index (χ3v) is 7.36. The minimum Gasteiger partial charge on any atom is -0.310 e. The summed E-state index contributed by atoms with van der Waals surface area (Å²) in [5.41, 5.74) is 9.48. The highest BCUT2D eigenvalue weighted by Crippen LogP contribution is 2.44. The molecule has 0 heterocycles. The number of hydrogen-bond donors (Lipinski definition) is 0. The van der Waals surface area contributed by atoms with Gasteiger partial charge in [-0.05, 0) is 83.9 Å². The fraction of sp³-hybridized carbons (Fsp3) is 0. The van der Waals surface area contributed by atoms with Crippen LogP contribution in [0.3, 0.4) is 0 Å². The Balaban J connectivity index is 1.31. The molecule has 6 aromatic rings. The number of hydrogen-bond acceptors (Lipinski definition) is 3. The fourth-order valence-electron chi connectivity index (χ4n) is 5.54. The van der Waals surface area contributed by atoms with Crippen LogP contribution in [0.25, 0.3) is 11.1 Å². The lowest BCUT2D eigenvalue weighted by Gasteiger charge is -2.26. The van der Waals surface area contributed by atoms with Crippen LogP contribution in [0.4, 0.5) is 34.1 Å². The number of carbonyl (C=O) groups is 1. The van der Waals surface area contributed by atoms with Crippen LogP contribution in [-0.2, 0) is 0 Å². The van der Waals surface area contributed by atoms with E-state index in [2.05, 4.69) is 82.6 Å². The number of ketones is 1. The normalized spacial score (nSPS) is 11.6. The van der Waals surface area contributed by atoms with Gasteiger partial charge in [-0.2, -0.15) is 0 Å². The van der Waals surface area contributed by atoms with Crippen molar-refractivity contribution in [1.29, 1.82) is 0 Å². The molecule has 0 fully saturated rings. The lowest BCUT2D eigenvalue weighted by molar-refractivity contribution is 0.104. The van der Waals surface area contributed by atoms with Gasteiger partial charge in [0.2, 0.25) is 0 Å². The van der Waals surface area contributed by atoms with Gasteiger partial charge in [-0.1, -0.05) is 84.9 Å². The van der Waals surface area contributed by atoms with E-state index in [1.54, 1.807) is 0 Å². The van der Waals surface area contributed by atoms with Crippen molar-refractivity contribution in [2.45, 2.75) is 0 Å². The van der Waals surface area contributed by atoms with E-state index in [9.17, 15) is 4.79 Å². The molecule has 0 radical (unpaired) electrons. The quantitative estimate of drug-likeness (QED) is 0.221. The molecule has 6 aromatic carbocycles. The van der Waals surface area contributed by atoms with Gasteiger partial charge in [-0.25, -0.2) is 0 Å². The summed E-state index contributed by atoms with van der Waals surface area (Å²) in [6.45, 7) is 0. The molecule has 0 spiro atoms. The van der Waals surface area contributed by atoms with Gasteiger partial charge in [0.15, 0.2) is 5.78 Å². The van der Waals surface area contributed by atoms with E-state index in [1.165, 1.54) is 0 Å². The van der Waals surface area contributed by atoms with Gasteiger partial charge in [0.05, 0.1) is 0 Å². The summed E-state index contributed by atoms with van der Waals surface area (Å²) in [7, 11) is 0. The van der Waals surface area contributed by atoms with Crippen molar-refractivity contribution in [3.63, 3.8) is 0 Å². The summed E-state index contributed by atoms with van der Waals surface area (Å²) in [4.78, 5) is 18.3. The third kappa shape index (κ3) is 4.14. The number of benzene rings is 6. The second-order valence-corrected chi connectivity index (χ2v) is 9.80. The Morgan fingerprint density at radius 2 is 0.600 bits per heavy atom. The first kappa shape index (κ1) is 23.7. The Kier molecular flexibility index (Phi) is 5.95. The van der Waals surface area contributed by atoms with Crippen LogP contribution in [0.1, 0.15) is 15.9 Å². The molecule has 3 nitrogen and oxygen atoms in total. The standard InChI is InChI=1S/C37H26N2O/c40-37-35-25-31(38(27-13-5-1-6-14-27)28-15-7-2-8-16-28)21-23-33(35)34-24-22-32(26-36(34)37)39(29-17-9-3-10-18-29)30-19-11-4-12-20-30/h1-26H. The van der Waals surface area contributed by atoms with Crippen molar-refractivity contribution in [3.8, 4) is 11.1 Å². The van der Waals surface area contributed by atoms with Crippen LogP contribution >= 0.6 is 0 Å². The maximum absolute atomic E-state index is 13.9. The number of anilines is 6. The van der Waals surface area contributed by atoms with Crippen molar-refractivity contribution in [2.75, 3.05) is 9.80 Å². The minimum absolute atomic E-state index is 0.0517. The molecule has 1 aliphatic rings. The first-order valence-corrected chi connectivity index (χ1v) is 13.4. The topological polar surface area (TPSA) is 23.6 Å². The Hall–Kier alpha value is -5.41. The summed E-state index contributed by atoms with van der Waals surface area (Å²) < 4.78 is 0. The van der Waals surface area contributed by atoms with Crippen molar-refractivity contribution in [2.24, 2.45) is 0 Å². The van der Waals surface area contributed by atoms with E-state index in [-0.39, 0.29) is 5.78 Å². The molecule has 0 saturated carbocycles. The van der Waals surface area contributed by atoms with Crippen molar-refractivity contribution >= 4 is 39.9 Å². The number of fused-ring (bicyclic) bond motifs is 3. The van der Waals surface area contributed by atoms with Crippen LogP contribution in [0.15, 0.2) is 158 Å².